The summed E-state index contributed by atoms with van der Waals surface area (Å²) >= 11 is 0.833. The molecule has 0 radical (unpaired) electrons. The molecule has 9 N–H and O–H groups in total. The Balaban J connectivity index is 1.57. The first kappa shape index (κ1) is 37.2. The van der Waals surface area contributed by atoms with Gasteiger partial charge in [0.1, 0.15) is 23.7 Å². The Hall–Kier alpha value is -4.58. The van der Waals surface area contributed by atoms with Gasteiger partial charge < -0.3 is 50.3 Å². The van der Waals surface area contributed by atoms with E-state index < -0.39 is 59.3 Å². The van der Waals surface area contributed by atoms with Gasteiger partial charge in [0, 0.05) is 27.3 Å². The number of aromatic hydroxyl groups is 4. The number of benzene rings is 3. The summed E-state index contributed by atoms with van der Waals surface area (Å²) in [6.07, 6.45) is -1.09. The minimum absolute atomic E-state index is 0.0844. The summed E-state index contributed by atoms with van der Waals surface area (Å²) < 4.78 is 51.4. The van der Waals surface area contributed by atoms with Gasteiger partial charge in [-0.2, -0.15) is 4.72 Å². The predicted molar refractivity (Wildman–Crippen MR) is 178 cm³/mol. The van der Waals surface area contributed by atoms with Crippen molar-refractivity contribution in [2.24, 2.45) is 0 Å². The highest BCUT2D eigenvalue weighted by Crippen LogP contribution is 2.42. The molecule has 0 aliphatic carbocycles. The lowest BCUT2D eigenvalue weighted by Gasteiger charge is -2.19. The van der Waals surface area contributed by atoms with Gasteiger partial charge >= 0.3 is 7.60 Å². The zero-order chi connectivity index (χ0) is 36.3. The molecule has 3 aromatic carbocycles. The third-order valence-corrected chi connectivity index (χ3v) is 10.9. The van der Waals surface area contributed by atoms with E-state index in [1.54, 1.807) is 13.8 Å². The van der Waals surface area contributed by atoms with Crippen LogP contribution in [-0.2, 0) is 14.6 Å². The lowest BCUT2D eigenvalue weighted by molar-refractivity contribution is 0.0913. The summed E-state index contributed by atoms with van der Waals surface area (Å²) in [6, 6.07) is 9.00. The number of phenolic OH excluding ortho intramolecular Hbond substituents is 4. The molecule has 0 aliphatic heterocycles. The monoisotopic (exact) mass is 739 g/mol. The van der Waals surface area contributed by atoms with Crippen molar-refractivity contribution >= 4 is 50.9 Å². The van der Waals surface area contributed by atoms with E-state index >= 15 is 0 Å². The number of thiophene rings is 1. The van der Waals surface area contributed by atoms with Crippen molar-refractivity contribution < 1.29 is 62.3 Å². The van der Waals surface area contributed by atoms with Gasteiger partial charge in [-0.25, -0.2) is 8.42 Å². The number of carbonyl (C=O) groups excluding carboxylic acids is 2. The van der Waals surface area contributed by atoms with Crippen molar-refractivity contribution in [1.29, 1.82) is 0 Å². The lowest BCUT2D eigenvalue weighted by atomic mass is 10.1. The number of aryl methyl sites for hydroxylation is 1. The molecular weight excluding hydrogens is 705 g/mol. The molecule has 0 spiro atoms. The van der Waals surface area contributed by atoms with Gasteiger partial charge in [0.05, 0.1) is 12.1 Å². The summed E-state index contributed by atoms with van der Waals surface area (Å²) in [6.45, 7) is 4.59. The number of hydrogen-bond donors (Lipinski definition) is 9. The molecular formula is C30H34N3O13PS2. The van der Waals surface area contributed by atoms with Crippen LogP contribution in [-0.4, -0.2) is 82.0 Å². The highest BCUT2D eigenvalue weighted by molar-refractivity contribution is 7.92. The molecule has 0 saturated heterocycles. The first-order chi connectivity index (χ1) is 22.8. The van der Waals surface area contributed by atoms with E-state index in [-0.39, 0.29) is 57.1 Å². The van der Waals surface area contributed by atoms with Crippen LogP contribution in [0.15, 0.2) is 52.7 Å². The number of fused-ring (bicyclic) bond motifs is 1. The maximum Gasteiger partial charge on any atom is 0.340 e. The van der Waals surface area contributed by atoms with Crippen LogP contribution in [0.1, 0.15) is 40.1 Å². The van der Waals surface area contributed by atoms with Crippen LogP contribution in [0.5, 0.6) is 34.5 Å². The summed E-state index contributed by atoms with van der Waals surface area (Å²) in [7, 11) is -9.01. The molecule has 264 valence electrons. The molecule has 16 nitrogen and oxygen atoms in total. The summed E-state index contributed by atoms with van der Waals surface area (Å²) in [4.78, 5) is 43.7. The Morgan fingerprint density at radius 1 is 0.796 bits per heavy atom. The summed E-state index contributed by atoms with van der Waals surface area (Å²) in [5, 5.41) is 44.3. The van der Waals surface area contributed by atoms with E-state index in [0.717, 1.165) is 23.5 Å². The Kier molecular flexibility index (Phi) is 11.3. The Labute approximate surface area is 284 Å². The van der Waals surface area contributed by atoms with Crippen LogP contribution in [0.3, 0.4) is 0 Å². The molecule has 0 fully saturated rings. The number of phenols is 4. The highest BCUT2D eigenvalue weighted by Gasteiger charge is 2.26. The number of nitrogens with one attached hydrogen (secondary N) is 3. The minimum atomic E-state index is -4.69. The first-order valence-corrected chi connectivity index (χ1v) is 18.5. The van der Waals surface area contributed by atoms with Gasteiger partial charge in [0.15, 0.2) is 34.5 Å². The fourth-order valence-corrected chi connectivity index (χ4v) is 8.21. The van der Waals surface area contributed by atoms with Gasteiger partial charge in [-0.15, -0.1) is 11.3 Å². The van der Waals surface area contributed by atoms with Crippen molar-refractivity contribution in [2.45, 2.75) is 37.1 Å². The van der Waals surface area contributed by atoms with Crippen LogP contribution < -0.4 is 24.8 Å². The molecule has 4 rings (SSSR count). The number of sulfonamides is 1. The number of carbonyl (C=O) groups is 2. The molecule has 1 aromatic heterocycles. The largest absolute Gasteiger partial charge is 0.504 e. The molecule has 4 aromatic rings. The van der Waals surface area contributed by atoms with Crippen LogP contribution in [0.25, 0.3) is 10.1 Å². The molecule has 0 bridgehead atoms. The molecule has 1 heterocycles. The highest BCUT2D eigenvalue weighted by atomic mass is 32.2. The minimum Gasteiger partial charge on any atom is -0.504 e. The van der Waals surface area contributed by atoms with E-state index in [2.05, 4.69) is 10.6 Å². The van der Waals surface area contributed by atoms with E-state index in [4.69, 9.17) is 19.3 Å². The van der Waals surface area contributed by atoms with Crippen molar-refractivity contribution in [2.75, 3.05) is 19.5 Å². The van der Waals surface area contributed by atoms with Crippen molar-refractivity contribution in [3.63, 3.8) is 0 Å². The summed E-state index contributed by atoms with van der Waals surface area (Å²) in [5.74, 6) is -2.54. The molecule has 19 heteroatoms. The second-order valence-electron chi connectivity index (χ2n) is 11.1. The smallest absolute Gasteiger partial charge is 0.340 e. The number of amides is 2. The average molecular weight is 740 g/mol. The van der Waals surface area contributed by atoms with Crippen LogP contribution in [0, 0.1) is 6.92 Å². The molecule has 0 saturated carbocycles. The average Bonchev–Trinajstić information content (AvgIpc) is 3.35. The van der Waals surface area contributed by atoms with Crippen molar-refractivity contribution in [3.05, 3.63) is 65.2 Å². The van der Waals surface area contributed by atoms with Crippen molar-refractivity contribution in [1.82, 2.24) is 15.4 Å². The first-order valence-electron chi connectivity index (χ1n) is 14.4. The maximum absolute atomic E-state index is 12.9. The Bertz CT molecular complexity index is 2050. The van der Waals surface area contributed by atoms with Crippen LogP contribution >= 0.6 is 18.9 Å². The third-order valence-electron chi connectivity index (χ3n) is 6.87. The summed E-state index contributed by atoms with van der Waals surface area (Å²) in [5.41, 5.74) is 0.448. The SMILES string of the molecule is Cc1c(S(=O)(=O)NCP(=O)(O)O)sc2cc(OCC(C)NC(=O)c3ccc(O)c(O)c3)c(OCC(C)NC(=O)c3ccc(O)c(O)c3)cc12. The zero-order valence-electron chi connectivity index (χ0n) is 26.2. The second kappa shape index (κ2) is 14.9. The van der Waals surface area contributed by atoms with Crippen molar-refractivity contribution in [3.8, 4) is 34.5 Å². The lowest BCUT2D eigenvalue weighted by Crippen LogP contribution is -2.37. The number of ether oxygens (including phenoxy) is 2. The van der Waals surface area contributed by atoms with Crippen LogP contribution in [0.4, 0.5) is 0 Å². The fraction of sp³-hybridized carbons (Fsp3) is 0.267. The van der Waals surface area contributed by atoms with E-state index in [0.29, 0.717) is 10.1 Å². The Morgan fingerprint density at radius 3 is 1.71 bits per heavy atom. The van der Waals surface area contributed by atoms with Crippen LogP contribution in [0.2, 0.25) is 0 Å². The molecule has 2 atom stereocenters. The second-order valence-corrected chi connectivity index (χ2v) is 15.7. The standard InChI is InChI=1S/C30H34N3O13PS2/c1-15(32-28(38)18-4-6-21(34)23(36)8-18)12-45-25-10-20-17(3)30(49(43,44)31-14-47(40,41)42)48-27(20)11-26(25)46-13-16(2)33-29(39)19-5-7-22(35)24(37)9-19/h4-11,15-16,31,34-37H,12-14H2,1-3H3,(H,32,38)(H,33,39)(H2,40,41,42). The number of hydrogen-bond acceptors (Lipinski definition) is 12. The zero-order valence-corrected chi connectivity index (χ0v) is 28.7. The van der Waals surface area contributed by atoms with Gasteiger partial charge in [0.25, 0.3) is 21.8 Å². The number of rotatable bonds is 14. The molecule has 2 unspecified atom stereocenters. The van der Waals surface area contributed by atoms with Gasteiger partial charge in [-0.1, -0.05) is 0 Å². The van der Waals surface area contributed by atoms with E-state index in [1.807, 2.05) is 4.72 Å². The van der Waals surface area contributed by atoms with Gasteiger partial charge in [0.2, 0.25) is 0 Å². The molecule has 2 amide bonds. The molecule has 0 aliphatic rings. The van der Waals surface area contributed by atoms with Gasteiger partial charge in [-0.3, -0.25) is 14.2 Å². The predicted octanol–water partition coefficient (Wildman–Crippen LogP) is 2.84. The van der Waals surface area contributed by atoms with E-state index in [9.17, 15) is 43.0 Å². The maximum atomic E-state index is 12.9. The Morgan fingerprint density at radius 2 is 1.27 bits per heavy atom. The quantitative estimate of drug-likeness (QED) is 0.0667. The molecule has 49 heavy (non-hydrogen) atoms. The normalized spacial score (nSPS) is 13.1. The third kappa shape index (κ3) is 9.53. The van der Waals surface area contributed by atoms with E-state index in [1.165, 1.54) is 43.3 Å². The topological polar surface area (TPSA) is 261 Å². The fourth-order valence-electron chi connectivity index (χ4n) is 4.38. The van der Waals surface area contributed by atoms with Gasteiger partial charge in [-0.05, 0) is 68.8 Å².